The summed E-state index contributed by atoms with van der Waals surface area (Å²) in [4.78, 5) is 26.7. The molecule has 1 aromatic heterocycles. The number of hydroxylamine groups is 1. The number of carbonyl (C=O) groups excluding carboxylic acids is 1. The number of halogens is 2. The van der Waals surface area contributed by atoms with E-state index in [-0.39, 0.29) is 5.91 Å². The fourth-order valence-corrected chi connectivity index (χ4v) is 4.77. The normalized spacial score (nSPS) is 19.8. The molecule has 1 atom stereocenters. The molecule has 8 nitrogen and oxygen atoms in total. The van der Waals surface area contributed by atoms with Crippen molar-refractivity contribution < 1.29 is 23.1 Å². The van der Waals surface area contributed by atoms with Gasteiger partial charge in [0.25, 0.3) is 0 Å². The van der Waals surface area contributed by atoms with Gasteiger partial charge in [-0.05, 0) is 48.2 Å². The summed E-state index contributed by atoms with van der Waals surface area (Å²) in [5.41, 5.74) is 2.40. The molecule has 1 saturated carbocycles. The first-order valence-corrected chi connectivity index (χ1v) is 11.0. The van der Waals surface area contributed by atoms with Crippen molar-refractivity contribution in [3.05, 3.63) is 65.5 Å². The molecule has 1 spiro atoms. The van der Waals surface area contributed by atoms with E-state index in [0.29, 0.717) is 41.7 Å². The quantitative estimate of drug-likeness (QED) is 0.578. The SMILES string of the molecule is COc1cc2c(cc1Nc1cc(N3OCC[C@@H]3c3cc(F)cc(F)c3)ncn1)NC(=O)C21CC1. The van der Waals surface area contributed by atoms with Crippen LogP contribution in [0.15, 0.2) is 42.7 Å². The maximum absolute atomic E-state index is 13.8. The van der Waals surface area contributed by atoms with E-state index in [1.165, 1.54) is 23.5 Å². The van der Waals surface area contributed by atoms with Gasteiger partial charge < -0.3 is 15.4 Å². The third kappa shape index (κ3) is 3.33. The Labute approximate surface area is 193 Å². The first-order valence-electron chi connectivity index (χ1n) is 11.0. The zero-order chi connectivity index (χ0) is 23.4. The number of hydrogen-bond acceptors (Lipinski definition) is 7. The van der Waals surface area contributed by atoms with Crippen molar-refractivity contribution in [1.29, 1.82) is 0 Å². The van der Waals surface area contributed by atoms with Gasteiger partial charge in [0.15, 0.2) is 5.82 Å². The number of carbonyl (C=O) groups is 1. The number of benzene rings is 2. The van der Waals surface area contributed by atoms with Crippen LogP contribution in [0.4, 0.5) is 31.8 Å². The molecule has 3 aromatic rings. The lowest BCUT2D eigenvalue weighted by atomic mass is 9.97. The molecule has 1 saturated heterocycles. The van der Waals surface area contributed by atoms with Crippen molar-refractivity contribution in [2.45, 2.75) is 30.7 Å². The summed E-state index contributed by atoms with van der Waals surface area (Å²) in [7, 11) is 1.57. The molecule has 174 valence electrons. The molecule has 34 heavy (non-hydrogen) atoms. The molecule has 1 amide bonds. The van der Waals surface area contributed by atoms with E-state index >= 15 is 0 Å². The maximum atomic E-state index is 13.8. The van der Waals surface area contributed by atoms with Gasteiger partial charge in [0, 0.05) is 24.2 Å². The van der Waals surface area contributed by atoms with Gasteiger partial charge in [-0.3, -0.25) is 9.63 Å². The standard InChI is InChI=1S/C24H21F2N5O3/c1-33-20-9-16-17(30-23(32)24(16)3-4-24)10-18(20)29-21-11-22(28-12-27-21)31-19(2-5-34-31)13-6-14(25)8-15(26)7-13/h6-12,19H,2-5H2,1H3,(H,30,32)(H,27,28,29)/t19-/m1/s1. The van der Waals surface area contributed by atoms with E-state index in [1.807, 2.05) is 12.1 Å². The van der Waals surface area contributed by atoms with E-state index in [4.69, 9.17) is 9.57 Å². The minimum Gasteiger partial charge on any atom is -0.495 e. The minimum absolute atomic E-state index is 0.0250. The van der Waals surface area contributed by atoms with Gasteiger partial charge in [0.2, 0.25) is 5.91 Å². The number of rotatable bonds is 5. The van der Waals surface area contributed by atoms with Crippen molar-refractivity contribution in [2.75, 3.05) is 29.4 Å². The van der Waals surface area contributed by atoms with Crippen molar-refractivity contribution >= 4 is 28.9 Å². The molecule has 10 heteroatoms. The number of methoxy groups -OCH3 is 1. The number of amides is 1. The van der Waals surface area contributed by atoms with Gasteiger partial charge in [-0.2, -0.15) is 0 Å². The zero-order valence-corrected chi connectivity index (χ0v) is 18.3. The molecule has 0 unspecified atom stereocenters. The fourth-order valence-electron chi connectivity index (χ4n) is 4.77. The highest BCUT2D eigenvalue weighted by Crippen LogP contribution is 2.56. The third-order valence-electron chi connectivity index (χ3n) is 6.60. The van der Waals surface area contributed by atoms with Crippen LogP contribution in [0.1, 0.15) is 36.4 Å². The Kier molecular flexibility index (Phi) is 4.66. The summed E-state index contributed by atoms with van der Waals surface area (Å²) in [6, 6.07) is 8.45. The molecule has 6 rings (SSSR count). The topological polar surface area (TPSA) is 88.6 Å². The second-order valence-electron chi connectivity index (χ2n) is 8.69. The highest BCUT2D eigenvalue weighted by Gasteiger charge is 2.56. The van der Waals surface area contributed by atoms with Crippen LogP contribution in [-0.4, -0.2) is 29.6 Å². The van der Waals surface area contributed by atoms with Crippen LogP contribution >= 0.6 is 0 Å². The average molecular weight is 465 g/mol. The Bertz CT molecular complexity index is 1290. The van der Waals surface area contributed by atoms with Crippen molar-refractivity contribution in [3.8, 4) is 5.75 Å². The summed E-state index contributed by atoms with van der Waals surface area (Å²) < 4.78 is 33.1. The van der Waals surface area contributed by atoms with Crippen LogP contribution in [0.3, 0.4) is 0 Å². The van der Waals surface area contributed by atoms with E-state index < -0.39 is 23.1 Å². The monoisotopic (exact) mass is 465 g/mol. The molecule has 2 N–H and O–H groups in total. The fraction of sp³-hybridized carbons (Fsp3) is 0.292. The Hall–Kier alpha value is -3.79. The number of anilines is 4. The number of nitrogens with zero attached hydrogens (tertiary/aromatic N) is 3. The van der Waals surface area contributed by atoms with Crippen LogP contribution in [0.25, 0.3) is 0 Å². The molecule has 0 bridgehead atoms. The van der Waals surface area contributed by atoms with Crippen LogP contribution in [0.2, 0.25) is 0 Å². The Balaban J connectivity index is 1.29. The zero-order valence-electron chi connectivity index (χ0n) is 18.3. The third-order valence-corrected chi connectivity index (χ3v) is 6.60. The lowest BCUT2D eigenvalue weighted by molar-refractivity contribution is -0.117. The number of nitrogens with one attached hydrogen (secondary N) is 2. The van der Waals surface area contributed by atoms with Crippen molar-refractivity contribution in [1.82, 2.24) is 9.97 Å². The van der Waals surface area contributed by atoms with E-state index in [1.54, 1.807) is 13.2 Å². The largest absolute Gasteiger partial charge is 0.495 e. The highest BCUT2D eigenvalue weighted by molar-refractivity contribution is 6.09. The number of aromatic nitrogens is 2. The molecule has 3 aliphatic rings. The first-order chi connectivity index (χ1) is 16.5. The summed E-state index contributed by atoms with van der Waals surface area (Å²) in [5, 5.41) is 7.72. The lowest BCUT2D eigenvalue weighted by Crippen LogP contribution is -2.22. The van der Waals surface area contributed by atoms with Crippen LogP contribution in [0, 0.1) is 11.6 Å². The molecular formula is C24H21F2N5O3. The minimum atomic E-state index is -0.643. The molecule has 2 aromatic carbocycles. The Morgan fingerprint density at radius 1 is 1.15 bits per heavy atom. The summed E-state index contributed by atoms with van der Waals surface area (Å²) in [6.45, 7) is 0.385. The number of fused-ring (bicyclic) bond motifs is 2. The second-order valence-corrected chi connectivity index (χ2v) is 8.69. The van der Waals surface area contributed by atoms with Crippen molar-refractivity contribution in [2.24, 2.45) is 0 Å². The van der Waals surface area contributed by atoms with Crippen LogP contribution < -0.4 is 20.4 Å². The smallest absolute Gasteiger partial charge is 0.235 e. The first kappa shape index (κ1) is 20.8. The van der Waals surface area contributed by atoms with Crippen molar-refractivity contribution in [3.63, 3.8) is 0 Å². The van der Waals surface area contributed by atoms with E-state index in [2.05, 4.69) is 20.6 Å². The van der Waals surface area contributed by atoms with Gasteiger partial charge in [-0.1, -0.05) is 0 Å². The van der Waals surface area contributed by atoms with Gasteiger partial charge in [-0.15, -0.1) is 0 Å². The van der Waals surface area contributed by atoms with Gasteiger partial charge >= 0.3 is 0 Å². The Morgan fingerprint density at radius 2 is 1.94 bits per heavy atom. The van der Waals surface area contributed by atoms with Gasteiger partial charge in [-0.25, -0.2) is 23.8 Å². The summed E-state index contributed by atoms with van der Waals surface area (Å²) in [5.74, 6) is 0.235. The predicted octanol–water partition coefficient (Wildman–Crippen LogP) is 4.37. The van der Waals surface area contributed by atoms with E-state index in [9.17, 15) is 13.6 Å². The van der Waals surface area contributed by atoms with Gasteiger partial charge in [0.05, 0.1) is 30.9 Å². The average Bonchev–Trinajstić information content (AvgIpc) is 3.38. The van der Waals surface area contributed by atoms with Crippen LogP contribution in [-0.2, 0) is 15.0 Å². The van der Waals surface area contributed by atoms with Crippen LogP contribution in [0.5, 0.6) is 5.75 Å². The summed E-state index contributed by atoms with van der Waals surface area (Å²) >= 11 is 0. The second kappa shape index (κ2) is 7.63. The van der Waals surface area contributed by atoms with Gasteiger partial charge in [0.1, 0.15) is 29.5 Å². The molecule has 2 aliphatic heterocycles. The predicted molar refractivity (Wildman–Crippen MR) is 120 cm³/mol. The molecule has 2 fully saturated rings. The lowest BCUT2D eigenvalue weighted by Gasteiger charge is -2.24. The Morgan fingerprint density at radius 3 is 2.68 bits per heavy atom. The number of ether oxygens (including phenoxy) is 1. The summed E-state index contributed by atoms with van der Waals surface area (Å²) in [6.07, 6.45) is 3.60. The maximum Gasteiger partial charge on any atom is 0.235 e. The number of hydrogen-bond donors (Lipinski definition) is 2. The highest BCUT2D eigenvalue weighted by atomic mass is 19.1. The molecule has 3 heterocycles. The molecule has 0 radical (unpaired) electrons. The molecule has 1 aliphatic carbocycles. The molecular weight excluding hydrogens is 444 g/mol. The van der Waals surface area contributed by atoms with E-state index in [0.717, 1.165) is 30.2 Å².